The van der Waals surface area contributed by atoms with Gasteiger partial charge >= 0.3 is 0 Å². The summed E-state index contributed by atoms with van der Waals surface area (Å²) < 4.78 is 0. The molecular formula is C11H16. The second-order valence-electron chi connectivity index (χ2n) is 5.89. The zero-order chi connectivity index (χ0) is 7.22. The van der Waals surface area contributed by atoms with Crippen LogP contribution >= 0.6 is 0 Å². The van der Waals surface area contributed by atoms with Crippen molar-refractivity contribution in [3.05, 3.63) is 0 Å². The Labute approximate surface area is 68.4 Å². The van der Waals surface area contributed by atoms with Crippen LogP contribution in [0.15, 0.2) is 0 Å². The van der Waals surface area contributed by atoms with E-state index in [1.807, 2.05) is 0 Å². The molecule has 6 bridgehead atoms. The van der Waals surface area contributed by atoms with E-state index in [1.165, 1.54) is 23.7 Å². The first-order valence-corrected chi connectivity index (χ1v) is 5.28. The summed E-state index contributed by atoms with van der Waals surface area (Å²) in [5, 5.41) is 0. The van der Waals surface area contributed by atoms with Crippen molar-refractivity contribution in [2.45, 2.75) is 32.6 Å². The molecule has 4 unspecified atom stereocenters. The maximum Gasteiger partial charge on any atom is -0.0292 e. The first-order chi connectivity index (χ1) is 5.28. The third kappa shape index (κ3) is 0.400. The van der Waals surface area contributed by atoms with Gasteiger partial charge in [-0.15, -0.1) is 0 Å². The molecule has 0 aromatic heterocycles. The number of rotatable bonds is 0. The van der Waals surface area contributed by atoms with Crippen LogP contribution in [0, 0.1) is 35.0 Å². The van der Waals surface area contributed by atoms with Gasteiger partial charge in [0, 0.05) is 0 Å². The fraction of sp³-hybridized carbons (Fsp3) is 1.00. The molecule has 0 aliphatic heterocycles. The fourth-order valence-electron chi connectivity index (χ4n) is 5.25. The van der Waals surface area contributed by atoms with Crippen LogP contribution in [-0.2, 0) is 0 Å². The maximum atomic E-state index is 2.57. The Balaban J connectivity index is 1.92. The highest BCUT2D eigenvalue weighted by Gasteiger charge is 2.68. The molecular weight excluding hydrogens is 132 g/mol. The molecule has 5 saturated carbocycles. The van der Waals surface area contributed by atoms with Crippen molar-refractivity contribution in [3.63, 3.8) is 0 Å². The lowest BCUT2D eigenvalue weighted by Crippen LogP contribution is -2.39. The third-order valence-electron chi connectivity index (χ3n) is 5.70. The van der Waals surface area contributed by atoms with Gasteiger partial charge in [-0.1, -0.05) is 6.92 Å². The van der Waals surface area contributed by atoms with Crippen molar-refractivity contribution in [1.82, 2.24) is 0 Å². The van der Waals surface area contributed by atoms with E-state index in [0.717, 1.165) is 11.3 Å². The lowest BCUT2D eigenvalue weighted by atomic mass is 9.60. The van der Waals surface area contributed by atoms with Gasteiger partial charge in [-0.25, -0.2) is 0 Å². The lowest BCUT2D eigenvalue weighted by molar-refractivity contribution is 0.0302. The molecule has 0 heterocycles. The zero-order valence-electron chi connectivity index (χ0n) is 7.22. The minimum absolute atomic E-state index is 0.832. The third-order valence-corrected chi connectivity index (χ3v) is 5.70. The zero-order valence-corrected chi connectivity index (χ0v) is 7.22. The Morgan fingerprint density at radius 2 is 1.45 bits per heavy atom. The second-order valence-corrected chi connectivity index (χ2v) is 5.89. The Morgan fingerprint density at radius 3 is 2.00 bits per heavy atom. The Morgan fingerprint density at radius 1 is 0.909 bits per heavy atom. The smallest absolute Gasteiger partial charge is 0.0292 e. The molecule has 5 aliphatic rings. The average Bonchev–Trinajstić information content (AvgIpc) is 2.35. The molecule has 11 heavy (non-hydrogen) atoms. The normalized spacial score (nSPS) is 75.5. The van der Waals surface area contributed by atoms with E-state index in [9.17, 15) is 0 Å². The Hall–Kier alpha value is 0. The largest absolute Gasteiger partial charge is 0.0594 e. The van der Waals surface area contributed by atoms with Crippen molar-refractivity contribution in [2.24, 2.45) is 35.0 Å². The van der Waals surface area contributed by atoms with Crippen molar-refractivity contribution in [1.29, 1.82) is 0 Å². The standard InChI is InChI=1S/C11H16/c1-11-4-9-7-2-6(11)3-8(7)10(9)5-11/h6-10H,2-5H2,1H3. The highest BCUT2D eigenvalue weighted by molar-refractivity contribution is 5.17. The molecule has 0 radical (unpaired) electrons. The van der Waals surface area contributed by atoms with Crippen LogP contribution in [0.1, 0.15) is 32.6 Å². The summed E-state index contributed by atoms with van der Waals surface area (Å²) in [5.74, 6) is 6.03. The topological polar surface area (TPSA) is 0 Å². The van der Waals surface area contributed by atoms with Crippen molar-refractivity contribution in [3.8, 4) is 0 Å². The van der Waals surface area contributed by atoms with Crippen LogP contribution in [0.2, 0.25) is 0 Å². The molecule has 0 aromatic rings. The summed E-state index contributed by atoms with van der Waals surface area (Å²) in [5.41, 5.74) is 0.832. The summed E-state index contributed by atoms with van der Waals surface area (Å²) in [6.45, 7) is 2.57. The summed E-state index contributed by atoms with van der Waals surface area (Å²) in [7, 11) is 0. The quantitative estimate of drug-likeness (QED) is 0.495. The van der Waals surface area contributed by atoms with Crippen molar-refractivity contribution in [2.75, 3.05) is 0 Å². The van der Waals surface area contributed by atoms with Gasteiger partial charge in [0.05, 0.1) is 0 Å². The van der Waals surface area contributed by atoms with E-state index in [1.54, 1.807) is 25.7 Å². The van der Waals surface area contributed by atoms with Crippen LogP contribution < -0.4 is 0 Å². The number of hydrogen-bond donors (Lipinski definition) is 0. The van der Waals surface area contributed by atoms with Crippen LogP contribution in [0.5, 0.6) is 0 Å². The SMILES string of the molecule is CC12CC3C4CC1CC4C3C2. The van der Waals surface area contributed by atoms with Gasteiger partial charge in [0.1, 0.15) is 0 Å². The van der Waals surface area contributed by atoms with E-state index in [4.69, 9.17) is 0 Å². The molecule has 0 heteroatoms. The minimum Gasteiger partial charge on any atom is -0.0594 e. The van der Waals surface area contributed by atoms with Gasteiger partial charge in [0.25, 0.3) is 0 Å². The van der Waals surface area contributed by atoms with E-state index in [2.05, 4.69) is 6.92 Å². The predicted molar refractivity (Wildman–Crippen MR) is 44.0 cm³/mol. The molecule has 4 atom stereocenters. The van der Waals surface area contributed by atoms with E-state index < -0.39 is 0 Å². The van der Waals surface area contributed by atoms with Gasteiger partial charge in [-0.2, -0.15) is 0 Å². The van der Waals surface area contributed by atoms with Gasteiger partial charge in [0.15, 0.2) is 0 Å². The molecule has 0 N–H and O–H groups in total. The van der Waals surface area contributed by atoms with Crippen molar-refractivity contribution >= 4 is 0 Å². The molecule has 5 rings (SSSR count). The monoisotopic (exact) mass is 148 g/mol. The van der Waals surface area contributed by atoms with Crippen LogP contribution in [0.25, 0.3) is 0 Å². The molecule has 5 aliphatic carbocycles. The first kappa shape index (κ1) is 5.61. The Kier molecular flexibility index (Phi) is 0.661. The molecule has 0 amide bonds. The van der Waals surface area contributed by atoms with Gasteiger partial charge < -0.3 is 0 Å². The lowest BCUT2D eigenvalue weighted by Gasteiger charge is -2.45. The van der Waals surface area contributed by atoms with Gasteiger partial charge in [0.2, 0.25) is 0 Å². The van der Waals surface area contributed by atoms with Crippen LogP contribution in [0.4, 0.5) is 0 Å². The highest BCUT2D eigenvalue weighted by Crippen LogP contribution is 2.76. The van der Waals surface area contributed by atoms with Gasteiger partial charge in [-0.3, -0.25) is 0 Å². The van der Waals surface area contributed by atoms with Crippen molar-refractivity contribution < 1.29 is 0 Å². The Bertz CT molecular complexity index is 210. The summed E-state index contributed by atoms with van der Waals surface area (Å²) in [6.07, 6.45) is 6.48. The fourth-order valence-corrected chi connectivity index (χ4v) is 5.25. The summed E-state index contributed by atoms with van der Waals surface area (Å²) in [4.78, 5) is 0. The molecule has 0 aromatic carbocycles. The summed E-state index contributed by atoms with van der Waals surface area (Å²) >= 11 is 0. The molecule has 5 fully saturated rings. The highest BCUT2D eigenvalue weighted by atomic mass is 14.7. The molecule has 0 nitrogen and oxygen atoms in total. The number of hydrogen-bond acceptors (Lipinski definition) is 0. The van der Waals surface area contributed by atoms with Crippen LogP contribution in [0.3, 0.4) is 0 Å². The average molecular weight is 148 g/mol. The van der Waals surface area contributed by atoms with E-state index in [-0.39, 0.29) is 0 Å². The van der Waals surface area contributed by atoms with E-state index in [0.29, 0.717) is 0 Å². The molecule has 0 saturated heterocycles. The van der Waals surface area contributed by atoms with E-state index >= 15 is 0 Å². The molecule has 60 valence electrons. The minimum atomic E-state index is 0.832. The summed E-state index contributed by atoms with van der Waals surface area (Å²) in [6, 6.07) is 0. The van der Waals surface area contributed by atoms with Crippen LogP contribution in [-0.4, -0.2) is 0 Å². The van der Waals surface area contributed by atoms with Gasteiger partial charge in [-0.05, 0) is 60.7 Å². The molecule has 0 spiro atoms. The first-order valence-electron chi connectivity index (χ1n) is 5.28. The second kappa shape index (κ2) is 1.30. The maximum absolute atomic E-state index is 2.57. The predicted octanol–water partition coefficient (Wildman–Crippen LogP) is 2.69.